The summed E-state index contributed by atoms with van der Waals surface area (Å²) in [4.78, 5) is 22.9. The zero-order valence-corrected chi connectivity index (χ0v) is 14.1. The van der Waals surface area contributed by atoms with Crippen LogP contribution in [-0.4, -0.2) is 22.2 Å². The van der Waals surface area contributed by atoms with Crippen molar-refractivity contribution in [3.05, 3.63) is 45.0 Å². The molecule has 0 spiro atoms. The maximum Gasteiger partial charge on any atom is 0.408 e. The third-order valence-electron chi connectivity index (χ3n) is 3.04. The maximum absolute atomic E-state index is 12.0. The summed E-state index contributed by atoms with van der Waals surface area (Å²) in [6.45, 7) is 8.07. The van der Waals surface area contributed by atoms with Crippen LogP contribution in [0.25, 0.3) is 0 Å². The topological polar surface area (TPSA) is 81.5 Å². The van der Waals surface area contributed by atoms with Crippen LogP contribution in [0.15, 0.2) is 24.3 Å². The first kappa shape index (κ1) is 18.2. The molecule has 0 aliphatic carbocycles. The minimum absolute atomic E-state index is 0.427. The lowest BCUT2D eigenvalue weighted by molar-refractivity contribution is -0.566. The van der Waals surface area contributed by atoms with Crippen molar-refractivity contribution in [3.8, 4) is 0 Å². The Morgan fingerprint density at radius 1 is 1.23 bits per heavy atom. The summed E-state index contributed by atoms with van der Waals surface area (Å²) >= 11 is 5.84. The van der Waals surface area contributed by atoms with Gasteiger partial charge in [-0.2, -0.15) is 0 Å². The van der Waals surface area contributed by atoms with Crippen molar-refractivity contribution in [2.75, 3.05) is 0 Å². The molecule has 0 heterocycles. The van der Waals surface area contributed by atoms with Crippen LogP contribution in [0, 0.1) is 10.1 Å². The molecule has 0 radical (unpaired) electrons. The van der Waals surface area contributed by atoms with Crippen molar-refractivity contribution in [2.45, 2.75) is 51.8 Å². The van der Waals surface area contributed by atoms with Crippen LogP contribution in [0.2, 0.25) is 5.02 Å². The van der Waals surface area contributed by atoms with E-state index in [1.807, 2.05) is 0 Å². The molecule has 1 amide bonds. The Morgan fingerprint density at radius 2 is 1.73 bits per heavy atom. The second-order valence-corrected chi connectivity index (χ2v) is 6.98. The first-order valence-corrected chi connectivity index (χ1v) is 7.21. The van der Waals surface area contributed by atoms with Gasteiger partial charge in [-0.05, 0) is 38.5 Å². The lowest BCUT2D eigenvalue weighted by atomic mass is 9.89. The molecule has 0 saturated carbocycles. The molecule has 22 heavy (non-hydrogen) atoms. The number of amides is 1. The number of alkyl carbamates (subject to hydrolysis) is 1. The number of carbonyl (C=O) groups is 1. The van der Waals surface area contributed by atoms with E-state index in [0.717, 1.165) is 0 Å². The molecule has 0 aliphatic heterocycles. The number of hydrogen-bond acceptors (Lipinski definition) is 4. The first-order chi connectivity index (χ1) is 9.93. The summed E-state index contributed by atoms with van der Waals surface area (Å²) in [5.41, 5.74) is -1.52. The molecule has 0 saturated heterocycles. The van der Waals surface area contributed by atoms with E-state index in [0.29, 0.717) is 10.6 Å². The SMILES string of the molecule is CC(C)(C)OC(=O)NC(c1ccc(Cl)cc1)C(C)(C)[N+](=O)[O-]. The van der Waals surface area contributed by atoms with E-state index in [1.165, 1.54) is 13.8 Å². The number of nitrogens with one attached hydrogen (secondary N) is 1. The van der Waals surface area contributed by atoms with Gasteiger partial charge in [0.05, 0.1) is 0 Å². The molecule has 1 aromatic rings. The maximum atomic E-state index is 12.0. The third-order valence-corrected chi connectivity index (χ3v) is 3.29. The number of nitro groups is 1. The lowest BCUT2D eigenvalue weighted by Crippen LogP contribution is -2.48. The second-order valence-electron chi connectivity index (χ2n) is 6.54. The van der Waals surface area contributed by atoms with Crippen molar-refractivity contribution in [2.24, 2.45) is 0 Å². The van der Waals surface area contributed by atoms with Gasteiger partial charge in [-0.15, -0.1) is 0 Å². The fourth-order valence-electron chi connectivity index (χ4n) is 1.85. The normalized spacial score (nSPS) is 13.4. The second kappa shape index (κ2) is 6.52. The number of halogens is 1. The molecule has 1 rings (SSSR count). The highest BCUT2D eigenvalue weighted by atomic mass is 35.5. The van der Waals surface area contributed by atoms with Gasteiger partial charge < -0.3 is 10.1 Å². The van der Waals surface area contributed by atoms with Crippen LogP contribution in [0.4, 0.5) is 4.79 Å². The molecule has 7 heteroatoms. The van der Waals surface area contributed by atoms with Gasteiger partial charge in [-0.3, -0.25) is 10.1 Å². The average molecular weight is 329 g/mol. The third kappa shape index (κ3) is 4.87. The number of ether oxygens (including phenoxy) is 1. The average Bonchev–Trinajstić information content (AvgIpc) is 2.34. The quantitative estimate of drug-likeness (QED) is 0.670. The largest absolute Gasteiger partial charge is 0.444 e. The Labute approximate surface area is 134 Å². The fourth-order valence-corrected chi connectivity index (χ4v) is 1.98. The molecule has 1 unspecified atom stereocenters. The van der Waals surface area contributed by atoms with E-state index in [2.05, 4.69) is 5.32 Å². The molecular weight excluding hydrogens is 308 g/mol. The zero-order valence-electron chi connectivity index (χ0n) is 13.3. The summed E-state index contributed by atoms with van der Waals surface area (Å²) in [6.07, 6.45) is -0.706. The molecule has 6 nitrogen and oxygen atoms in total. The van der Waals surface area contributed by atoms with Crippen LogP contribution >= 0.6 is 11.6 Å². The van der Waals surface area contributed by atoms with Gasteiger partial charge in [0.25, 0.3) is 0 Å². The van der Waals surface area contributed by atoms with Crippen molar-refractivity contribution in [3.63, 3.8) is 0 Å². The molecule has 1 atom stereocenters. The van der Waals surface area contributed by atoms with Gasteiger partial charge in [0.1, 0.15) is 11.6 Å². The summed E-state index contributed by atoms with van der Waals surface area (Å²) in [5.74, 6) is 0. The molecule has 122 valence electrons. The zero-order chi connectivity index (χ0) is 17.1. The number of nitrogens with zero attached hydrogens (tertiary/aromatic N) is 1. The minimum atomic E-state index is -1.41. The van der Waals surface area contributed by atoms with Gasteiger partial charge in [0, 0.05) is 23.8 Å². The van der Waals surface area contributed by atoms with Crippen LogP contribution in [0.1, 0.15) is 46.2 Å². The predicted octanol–water partition coefficient (Wildman–Crippen LogP) is 3.96. The molecule has 0 aromatic heterocycles. The molecule has 1 aromatic carbocycles. The van der Waals surface area contributed by atoms with E-state index in [9.17, 15) is 14.9 Å². The van der Waals surface area contributed by atoms with Crippen LogP contribution < -0.4 is 5.32 Å². The van der Waals surface area contributed by atoms with Gasteiger partial charge in [0.15, 0.2) is 0 Å². The van der Waals surface area contributed by atoms with Crippen molar-refractivity contribution in [1.82, 2.24) is 5.32 Å². The van der Waals surface area contributed by atoms with E-state index in [-0.39, 0.29) is 0 Å². The van der Waals surface area contributed by atoms with Crippen molar-refractivity contribution in [1.29, 1.82) is 0 Å². The molecule has 0 bridgehead atoms. The lowest BCUT2D eigenvalue weighted by Gasteiger charge is -2.29. The highest BCUT2D eigenvalue weighted by molar-refractivity contribution is 6.30. The van der Waals surface area contributed by atoms with E-state index < -0.39 is 28.2 Å². The minimum Gasteiger partial charge on any atom is -0.444 e. The van der Waals surface area contributed by atoms with E-state index in [1.54, 1.807) is 45.0 Å². The summed E-state index contributed by atoms with van der Waals surface area (Å²) in [7, 11) is 0. The Bertz CT molecular complexity index is 550. The van der Waals surface area contributed by atoms with Gasteiger partial charge in [-0.25, -0.2) is 4.79 Å². The number of carbonyl (C=O) groups excluding carboxylic acids is 1. The molecular formula is C15H21ClN2O4. The van der Waals surface area contributed by atoms with Crippen LogP contribution in [0.5, 0.6) is 0 Å². The van der Waals surface area contributed by atoms with Crippen molar-refractivity contribution < 1.29 is 14.5 Å². The summed E-state index contributed by atoms with van der Waals surface area (Å²) in [5, 5.41) is 14.5. The highest BCUT2D eigenvalue weighted by Crippen LogP contribution is 2.29. The molecule has 1 N–H and O–H groups in total. The van der Waals surface area contributed by atoms with Crippen LogP contribution in [0.3, 0.4) is 0 Å². The predicted molar refractivity (Wildman–Crippen MR) is 84.6 cm³/mol. The van der Waals surface area contributed by atoms with Gasteiger partial charge in [0.2, 0.25) is 5.54 Å². The van der Waals surface area contributed by atoms with Gasteiger partial charge >= 0.3 is 6.09 Å². The van der Waals surface area contributed by atoms with E-state index in [4.69, 9.17) is 16.3 Å². The summed E-state index contributed by atoms with van der Waals surface area (Å²) in [6, 6.07) is 5.69. The van der Waals surface area contributed by atoms with Crippen LogP contribution in [-0.2, 0) is 4.74 Å². The molecule has 0 aliphatic rings. The molecule has 0 fully saturated rings. The first-order valence-electron chi connectivity index (χ1n) is 6.83. The highest BCUT2D eigenvalue weighted by Gasteiger charge is 2.43. The smallest absolute Gasteiger partial charge is 0.408 e. The number of hydrogen-bond donors (Lipinski definition) is 1. The Balaban J connectivity index is 3.10. The van der Waals surface area contributed by atoms with Gasteiger partial charge in [-0.1, -0.05) is 23.7 Å². The number of rotatable bonds is 4. The summed E-state index contributed by atoms with van der Waals surface area (Å²) < 4.78 is 5.19. The van der Waals surface area contributed by atoms with Crippen molar-refractivity contribution >= 4 is 17.7 Å². The Hall–Kier alpha value is -1.82. The van der Waals surface area contributed by atoms with E-state index >= 15 is 0 Å². The Kier molecular flexibility index (Phi) is 5.40. The fraction of sp³-hybridized carbons (Fsp3) is 0.533. The Morgan fingerprint density at radius 3 is 2.14 bits per heavy atom. The number of benzene rings is 1. The standard InChI is InChI=1S/C15H21ClN2O4/c1-14(2,3)22-13(19)17-12(15(4,5)18(20)21)10-6-8-11(16)9-7-10/h6-9,12H,1-5H3,(H,17,19). The monoisotopic (exact) mass is 328 g/mol.